The maximum atomic E-state index is 13.4. The molecule has 3 aromatic carbocycles. The Balaban J connectivity index is 1.46. The van der Waals surface area contributed by atoms with E-state index in [4.69, 9.17) is 21.7 Å². The number of para-hydroxylation sites is 1. The van der Waals surface area contributed by atoms with Crippen LogP contribution < -0.4 is 10.7 Å². The molecule has 5 aromatic rings. The second-order valence-electron chi connectivity index (χ2n) is 8.00. The van der Waals surface area contributed by atoms with Crippen LogP contribution >= 0.6 is 34.7 Å². The standard InChI is InChI=1S/C25H20ClN3O3S3/c26-18-7-10-23-21(13-18)17(14-33-23)15-34-25-28-22-4-2-1-3-20(22)24(30)29(25)12-11-16-5-8-19(9-6-16)35(27,31)32/h1-10,13-14H,11-12,15H2,(H2,27,31,32). The van der Waals surface area contributed by atoms with Gasteiger partial charge in [0.1, 0.15) is 0 Å². The monoisotopic (exact) mass is 541 g/mol. The van der Waals surface area contributed by atoms with Crippen LogP contribution in [0.15, 0.2) is 87.0 Å². The topological polar surface area (TPSA) is 95.1 Å². The van der Waals surface area contributed by atoms with E-state index < -0.39 is 10.0 Å². The average Bonchev–Trinajstić information content (AvgIpc) is 3.24. The summed E-state index contributed by atoms with van der Waals surface area (Å²) < 4.78 is 25.9. The Labute approximate surface area is 215 Å². The molecule has 2 aromatic heterocycles. The smallest absolute Gasteiger partial charge is 0.262 e. The largest absolute Gasteiger partial charge is 0.287 e. The van der Waals surface area contributed by atoms with Crippen molar-refractivity contribution >= 4 is 65.7 Å². The van der Waals surface area contributed by atoms with Gasteiger partial charge in [-0.1, -0.05) is 47.6 Å². The highest BCUT2D eigenvalue weighted by molar-refractivity contribution is 7.98. The molecule has 0 aliphatic carbocycles. The lowest BCUT2D eigenvalue weighted by atomic mass is 10.1. The summed E-state index contributed by atoms with van der Waals surface area (Å²) in [6, 6.07) is 19.6. The average molecular weight is 542 g/mol. The molecule has 0 aliphatic rings. The highest BCUT2D eigenvalue weighted by Crippen LogP contribution is 2.33. The summed E-state index contributed by atoms with van der Waals surface area (Å²) in [7, 11) is -3.75. The molecule has 0 saturated carbocycles. The molecule has 5 rings (SSSR count). The van der Waals surface area contributed by atoms with Crippen LogP contribution in [0.2, 0.25) is 5.02 Å². The summed E-state index contributed by atoms with van der Waals surface area (Å²) in [6.07, 6.45) is 0.537. The Kier molecular flexibility index (Phi) is 6.69. The van der Waals surface area contributed by atoms with Crippen LogP contribution in [-0.4, -0.2) is 18.0 Å². The fourth-order valence-electron chi connectivity index (χ4n) is 3.85. The SMILES string of the molecule is NS(=O)(=O)c1ccc(CCn2c(SCc3csc4ccc(Cl)cc34)nc3ccccc3c2=O)cc1. The molecule has 0 spiro atoms. The van der Waals surface area contributed by atoms with Crippen LogP contribution in [0.4, 0.5) is 0 Å². The fraction of sp³-hybridized carbons (Fsp3) is 0.120. The Hall–Kier alpha value is -2.69. The third-order valence-electron chi connectivity index (χ3n) is 5.68. The first kappa shape index (κ1) is 24.0. The molecule has 2 N–H and O–H groups in total. The van der Waals surface area contributed by atoms with E-state index in [0.29, 0.717) is 39.8 Å². The molecule has 35 heavy (non-hydrogen) atoms. The van der Waals surface area contributed by atoms with Crippen LogP contribution in [0.3, 0.4) is 0 Å². The van der Waals surface area contributed by atoms with Crippen LogP contribution in [0, 0.1) is 0 Å². The molecular weight excluding hydrogens is 522 g/mol. The molecule has 0 unspecified atom stereocenters. The van der Waals surface area contributed by atoms with Crippen LogP contribution in [0.5, 0.6) is 0 Å². The summed E-state index contributed by atoms with van der Waals surface area (Å²) in [6.45, 7) is 0.407. The highest BCUT2D eigenvalue weighted by atomic mass is 35.5. The second-order valence-corrected chi connectivity index (χ2v) is 11.8. The van der Waals surface area contributed by atoms with Gasteiger partial charge in [-0.15, -0.1) is 11.3 Å². The van der Waals surface area contributed by atoms with Crippen LogP contribution in [0.25, 0.3) is 21.0 Å². The molecule has 178 valence electrons. The van der Waals surface area contributed by atoms with Crippen molar-refractivity contribution in [1.29, 1.82) is 0 Å². The highest BCUT2D eigenvalue weighted by Gasteiger charge is 2.14. The third-order valence-corrected chi connectivity index (χ3v) is 8.88. The van der Waals surface area contributed by atoms with E-state index in [1.54, 1.807) is 34.1 Å². The Morgan fingerprint density at radius 1 is 1.03 bits per heavy atom. The molecule has 10 heteroatoms. The van der Waals surface area contributed by atoms with Crippen molar-refractivity contribution in [3.05, 3.63) is 98.6 Å². The first-order valence-electron chi connectivity index (χ1n) is 10.7. The summed E-state index contributed by atoms with van der Waals surface area (Å²) in [5.41, 5.74) is 2.60. The second kappa shape index (κ2) is 9.75. The van der Waals surface area contributed by atoms with Crippen molar-refractivity contribution in [1.82, 2.24) is 9.55 Å². The Morgan fingerprint density at radius 2 is 1.80 bits per heavy atom. The summed E-state index contributed by atoms with van der Waals surface area (Å²) >= 11 is 9.39. The number of aromatic nitrogens is 2. The fourth-order valence-corrected chi connectivity index (χ4v) is 6.60. The van der Waals surface area contributed by atoms with Crippen molar-refractivity contribution in [2.45, 2.75) is 28.8 Å². The number of primary sulfonamides is 1. The molecule has 0 atom stereocenters. The van der Waals surface area contributed by atoms with Gasteiger partial charge in [0, 0.05) is 22.0 Å². The molecule has 0 radical (unpaired) electrons. The minimum absolute atomic E-state index is 0.0603. The van der Waals surface area contributed by atoms with Gasteiger partial charge >= 0.3 is 0 Å². The van der Waals surface area contributed by atoms with E-state index in [9.17, 15) is 13.2 Å². The van der Waals surface area contributed by atoms with Crippen molar-refractivity contribution in [2.75, 3.05) is 0 Å². The number of fused-ring (bicyclic) bond motifs is 2. The van der Waals surface area contributed by atoms with Gasteiger partial charge in [-0.2, -0.15) is 0 Å². The minimum Gasteiger partial charge on any atom is -0.287 e. The van der Waals surface area contributed by atoms with Crippen LogP contribution in [-0.2, 0) is 28.7 Å². The van der Waals surface area contributed by atoms with Gasteiger partial charge in [0.25, 0.3) is 5.56 Å². The van der Waals surface area contributed by atoms with Crippen molar-refractivity contribution in [3.8, 4) is 0 Å². The number of hydrogen-bond donors (Lipinski definition) is 1. The van der Waals surface area contributed by atoms with Crippen molar-refractivity contribution < 1.29 is 8.42 Å². The number of sulfonamides is 1. The molecule has 6 nitrogen and oxygen atoms in total. The molecule has 2 heterocycles. The van der Waals surface area contributed by atoms with Gasteiger partial charge in [-0.25, -0.2) is 18.5 Å². The molecule has 0 fully saturated rings. The number of thiophene rings is 1. The molecule has 0 bridgehead atoms. The van der Waals surface area contributed by atoms with E-state index in [1.165, 1.54) is 23.9 Å². The lowest BCUT2D eigenvalue weighted by molar-refractivity contribution is 0.594. The number of halogens is 1. The lowest BCUT2D eigenvalue weighted by Crippen LogP contribution is -2.24. The number of aryl methyl sites for hydroxylation is 1. The first-order valence-corrected chi connectivity index (χ1v) is 14.5. The van der Waals surface area contributed by atoms with Gasteiger partial charge in [-0.05, 0) is 70.8 Å². The number of hydrogen-bond acceptors (Lipinski definition) is 6. The first-order chi connectivity index (χ1) is 16.8. The molecule has 0 saturated heterocycles. The van der Waals surface area contributed by atoms with Gasteiger partial charge in [-0.3, -0.25) is 9.36 Å². The van der Waals surface area contributed by atoms with E-state index in [1.807, 2.05) is 36.4 Å². The number of nitrogens with zero attached hydrogens (tertiary/aromatic N) is 2. The van der Waals surface area contributed by atoms with Gasteiger partial charge < -0.3 is 0 Å². The minimum atomic E-state index is -3.75. The van der Waals surface area contributed by atoms with Crippen molar-refractivity contribution in [3.63, 3.8) is 0 Å². The molecule has 0 amide bonds. The predicted molar refractivity (Wildman–Crippen MR) is 144 cm³/mol. The van der Waals surface area contributed by atoms with E-state index >= 15 is 0 Å². The number of rotatable bonds is 7. The number of nitrogens with two attached hydrogens (primary N) is 1. The third kappa shape index (κ3) is 5.14. The van der Waals surface area contributed by atoms with Gasteiger partial charge in [0.05, 0.1) is 15.8 Å². The van der Waals surface area contributed by atoms with Crippen molar-refractivity contribution in [2.24, 2.45) is 5.14 Å². The Bertz CT molecular complexity index is 1710. The van der Waals surface area contributed by atoms with Gasteiger partial charge in [0.2, 0.25) is 10.0 Å². The maximum Gasteiger partial charge on any atom is 0.262 e. The van der Waals surface area contributed by atoms with Gasteiger partial charge in [0.15, 0.2) is 5.16 Å². The lowest BCUT2D eigenvalue weighted by Gasteiger charge is -2.13. The summed E-state index contributed by atoms with van der Waals surface area (Å²) in [5.74, 6) is 0.647. The maximum absolute atomic E-state index is 13.4. The van der Waals surface area contributed by atoms with E-state index in [-0.39, 0.29) is 10.5 Å². The zero-order valence-electron chi connectivity index (χ0n) is 18.3. The zero-order chi connectivity index (χ0) is 24.6. The molecule has 0 aliphatic heterocycles. The summed E-state index contributed by atoms with van der Waals surface area (Å²) in [4.78, 5) is 18.2. The zero-order valence-corrected chi connectivity index (χ0v) is 21.6. The van der Waals surface area contributed by atoms with Crippen LogP contribution in [0.1, 0.15) is 11.1 Å². The number of benzene rings is 3. The molecular formula is C25H20ClN3O3S3. The summed E-state index contributed by atoms with van der Waals surface area (Å²) in [5, 5.41) is 10.3. The number of thioether (sulfide) groups is 1. The predicted octanol–water partition coefficient (Wildman–Crippen LogP) is 5.45. The Morgan fingerprint density at radius 3 is 2.57 bits per heavy atom. The normalized spacial score (nSPS) is 11.9. The quantitative estimate of drug-likeness (QED) is 0.218. The van der Waals surface area contributed by atoms with E-state index in [2.05, 4.69) is 5.38 Å². The van der Waals surface area contributed by atoms with E-state index in [0.717, 1.165) is 21.2 Å².